The van der Waals surface area contributed by atoms with Crippen molar-refractivity contribution in [2.24, 2.45) is 0 Å². The van der Waals surface area contributed by atoms with E-state index in [1.165, 1.54) is 0 Å². The van der Waals surface area contributed by atoms with Crippen molar-refractivity contribution >= 4 is 23.2 Å². The molecule has 0 radical (unpaired) electrons. The summed E-state index contributed by atoms with van der Waals surface area (Å²) in [5, 5.41) is 5.07. The lowest BCUT2D eigenvalue weighted by molar-refractivity contribution is 0.0683. The van der Waals surface area contributed by atoms with Gasteiger partial charge in [-0.15, -0.1) is 0 Å². The Morgan fingerprint density at radius 2 is 2.09 bits per heavy atom. The number of nitrogens with zero attached hydrogens (tertiary/aromatic N) is 3. The zero-order valence-corrected chi connectivity index (χ0v) is 14.4. The van der Waals surface area contributed by atoms with Gasteiger partial charge in [-0.2, -0.15) is 4.98 Å². The summed E-state index contributed by atoms with van der Waals surface area (Å²) in [6.45, 7) is 5.60. The SMILES string of the molecule is CCO[C@H](C)c1noc(CN(C)Cc2cccc(Cl)c2Cl)n1. The monoisotopic (exact) mass is 343 g/mol. The minimum absolute atomic E-state index is 0.171. The number of ether oxygens (including phenoxy) is 1. The van der Waals surface area contributed by atoms with Gasteiger partial charge >= 0.3 is 0 Å². The van der Waals surface area contributed by atoms with Gasteiger partial charge in [0.25, 0.3) is 0 Å². The van der Waals surface area contributed by atoms with Crippen molar-refractivity contribution in [1.29, 1.82) is 0 Å². The van der Waals surface area contributed by atoms with Crippen molar-refractivity contribution in [3.8, 4) is 0 Å². The second-order valence-corrected chi connectivity index (χ2v) is 5.81. The fourth-order valence-electron chi connectivity index (χ4n) is 2.07. The molecule has 5 nitrogen and oxygen atoms in total. The first kappa shape index (κ1) is 17.2. The zero-order chi connectivity index (χ0) is 16.1. The average molecular weight is 344 g/mol. The molecule has 0 saturated heterocycles. The van der Waals surface area contributed by atoms with Crippen molar-refractivity contribution in [1.82, 2.24) is 15.0 Å². The Hall–Kier alpha value is -1.14. The Morgan fingerprint density at radius 3 is 2.82 bits per heavy atom. The number of rotatable bonds is 7. The molecule has 0 saturated carbocycles. The second kappa shape index (κ2) is 7.92. The van der Waals surface area contributed by atoms with Crippen molar-refractivity contribution in [3.63, 3.8) is 0 Å². The molecule has 120 valence electrons. The highest BCUT2D eigenvalue weighted by Crippen LogP contribution is 2.26. The quantitative estimate of drug-likeness (QED) is 0.757. The molecule has 1 aromatic carbocycles. The largest absolute Gasteiger partial charge is 0.371 e. The van der Waals surface area contributed by atoms with Crippen LogP contribution in [0.5, 0.6) is 0 Å². The van der Waals surface area contributed by atoms with E-state index in [9.17, 15) is 0 Å². The van der Waals surface area contributed by atoms with Crippen LogP contribution in [0.15, 0.2) is 22.7 Å². The fraction of sp³-hybridized carbons (Fsp3) is 0.467. The third-order valence-corrected chi connectivity index (χ3v) is 4.00. The van der Waals surface area contributed by atoms with Crippen LogP contribution >= 0.6 is 23.2 Å². The van der Waals surface area contributed by atoms with Gasteiger partial charge in [0.2, 0.25) is 5.89 Å². The first-order valence-electron chi connectivity index (χ1n) is 7.06. The summed E-state index contributed by atoms with van der Waals surface area (Å²) in [5.74, 6) is 1.10. The number of hydrogen-bond acceptors (Lipinski definition) is 5. The van der Waals surface area contributed by atoms with Crippen LogP contribution in [-0.4, -0.2) is 28.7 Å². The maximum Gasteiger partial charge on any atom is 0.240 e. The Balaban J connectivity index is 1.97. The van der Waals surface area contributed by atoms with Gasteiger partial charge in [-0.1, -0.05) is 40.5 Å². The summed E-state index contributed by atoms with van der Waals surface area (Å²) in [7, 11) is 1.95. The molecule has 2 rings (SSSR count). The minimum atomic E-state index is -0.171. The van der Waals surface area contributed by atoms with E-state index in [-0.39, 0.29) is 6.10 Å². The molecule has 0 N–H and O–H groups in total. The minimum Gasteiger partial charge on any atom is -0.371 e. The van der Waals surface area contributed by atoms with E-state index in [0.717, 1.165) is 5.56 Å². The highest BCUT2D eigenvalue weighted by Gasteiger charge is 2.15. The molecule has 7 heteroatoms. The topological polar surface area (TPSA) is 51.4 Å². The van der Waals surface area contributed by atoms with Crippen LogP contribution in [0.1, 0.15) is 37.2 Å². The molecule has 1 atom stereocenters. The van der Waals surface area contributed by atoms with Crippen molar-refractivity contribution < 1.29 is 9.26 Å². The standard InChI is InChI=1S/C15H19Cl2N3O2/c1-4-21-10(2)15-18-13(22-19-15)9-20(3)8-11-6-5-7-12(16)14(11)17/h5-7,10H,4,8-9H2,1-3H3/t10-/m1/s1. The van der Waals surface area contributed by atoms with Crippen LogP contribution in [-0.2, 0) is 17.8 Å². The predicted octanol–water partition coefficient (Wildman–Crippen LogP) is 4.11. The lowest BCUT2D eigenvalue weighted by atomic mass is 10.2. The number of benzene rings is 1. The first-order chi connectivity index (χ1) is 10.5. The fourth-order valence-corrected chi connectivity index (χ4v) is 2.45. The smallest absolute Gasteiger partial charge is 0.240 e. The van der Waals surface area contributed by atoms with E-state index in [1.54, 1.807) is 6.07 Å². The van der Waals surface area contributed by atoms with E-state index >= 15 is 0 Å². The first-order valence-corrected chi connectivity index (χ1v) is 7.82. The van der Waals surface area contributed by atoms with Crippen LogP contribution in [0.4, 0.5) is 0 Å². The zero-order valence-electron chi connectivity index (χ0n) is 12.8. The van der Waals surface area contributed by atoms with Gasteiger partial charge < -0.3 is 9.26 Å². The van der Waals surface area contributed by atoms with Gasteiger partial charge in [-0.25, -0.2) is 0 Å². The summed E-state index contributed by atoms with van der Waals surface area (Å²) in [4.78, 5) is 6.37. The van der Waals surface area contributed by atoms with Gasteiger partial charge in [-0.05, 0) is 32.5 Å². The lowest BCUT2D eigenvalue weighted by Gasteiger charge is -2.15. The highest BCUT2D eigenvalue weighted by molar-refractivity contribution is 6.42. The van der Waals surface area contributed by atoms with E-state index in [1.807, 2.05) is 37.9 Å². The molecule has 0 bridgehead atoms. The molecule has 2 aromatic rings. The molecule has 0 unspecified atom stereocenters. The molecule has 0 fully saturated rings. The van der Waals surface area contributed by atoms with Crippen LogP contribution < -0.4 is 0 Å². The van der Waals surface area contributed by atoms with Crippen molar-refractivity contribution in [2.45, 2.75) is 33.0 Å². The van der Waals surface area contributed by atoms with Crippen LogP contribution in [0, 0.1) is 0 Å². The van der Waals surface area contributed by atoms with E-state index in [0.29, 0.717) is 41.5 Å². The highest BCUT2D eigenvalue weighted by atomic mass is 35.5. The summed E-state index contributed by atoms with van der Waals surface area (Å²) in [5.41, 5.74) is 0.957. The van der Waals surface area contributed by atoms with Crippen LogP contribution in [0.3, 0.4) is 0 Å². The Labute approximate surface area is 140 Å². The maximum absolute atomic E-state index is 6.19. The Bertz CT molecular complexity index is 619. The second-order valence-electron chi connectivity index (χ2n) is 5.03. The lowest BCUT2D eigenvalue weighted by Crippen LogP contribution is -2.17. The van der Waals surface area contributed by atoms with E-state index < -0.39 is 0 Å². The third-order valence-electron chi connectivity index (χ3n) is 3.14. The summed E-state index contributed by atoms with van der Waals surface area (Å²) < 4.78 is 10.7. The van der Waals surface area contributed by atoms with Crippen LogP contribution in [0.2, 0.25) is 10.0 Å². The molecule has 1 heterocycles. The van der Waals surface area contributed by atoms with Gasteiger partial charge in [0.1, 0.15) is 6.10 Å². The normalized spacial score (nSPS) is 12.8. The van der Waals surface area contributed by atoms with Gasteiger partial charge in [-0.3, -0.25) is 4.90 Å². The van der Waals surface area contributed by atoms with Crippen LogP contribution in [0.25, 0.3) is 0 Å². The number of halogens is 2. The predicted molar refractivity (Wildman–Crippen MR) is 86.0 cm³/mol. The van der Waals surface area contributed by atoms with Gasteiger partial charge in [0, 0.05) is 13.2 Å². The summed E-state index contributed by atoms with van der Waals surface area (Å²) >= 11 is 12.2. The van der Waals surface area contributed by atoms with Gasteiger partial charge in [0.15, 0.2) is 5.82 Å². The molecule has 0 aliphatic rings. The number of hydrogen-bond donors (Lipinski definition) is 0. The molecule has 0 amide bonds. The Morgan fingerprint density at radius 1 is 1.32 bits per heavy atom. The van der Waals surface area contributed by atoms with E-state index in [2.05, 4.69) is 10.1 Å². The average Bonchev–Trinajstić information content (AvgIpc) is 2.92. The molecule has 0 spiro atoms. The molecular weight excluding hydrogens is 325 g/mol. The molecule has 0 aliphatic carbocycles. The van der Waals surface area contributed by atoms with Crippen molar-refractivity contribution in [2.75, 3.05) is 13.7 Å². The number of aromatic nitrogens is 2. The van der Waals surface area contributed by atoms with Crippen molar-refractivity contribution in [3.05, 3.63) is 45.5 Å². The molecule has 0 aliphatic heterocycles. The molecule has 22 heavy (non-hydrogen) atoms. The maximum atomic E-state index is 6.19. The molecule has 1 aromatic heterocycles. The summed E-state index contributed by atoms with van der Waals surface area (Å²) in [6, 6.07) is 5.60. The Kier molecular flexibility index (Phi) is 6.20. The summed E-state index contributed by atoms with van der Waals surface area (Å²) in [6.07, 6.45) is -0.171. The molecular formula is C15H19Cl2N3O2. The third kappa shape index (κ3) is 4.43. The van der Waals surface area contributed by atoms with Gasteiger partial charge in [0.05, 0.1) is 16.6 Å². The van der Waals surface area contributed by atoms with E-state index in [4.69, 9.17) is 32.5 Å².